The Bertz CT molecular complexity index is 1000. The lowest BCUT2D eigenvalue weighted by Crippen LogP contribution is -2.46. The van der Waals surface area contributed by atoms with E-state index in [0.29, 0.717) is 36.5 Å². The van der Waals surface area contributed by atoms with Crippen molar-refractivity contribution in [2.45, 2.75) is 52.1 Å². The van der Waals surface area contributed by atoms with Crippen molar-refractivity contribution < 1.29 is 19.2 Å². The number of benzene rings is 1. The number of aromatic nitrogens is 2. The SMILES string of the molecule is CC(C)(C)C(CC(=O)ON)NC(=O)c1cc(C=O)ccc1N1CCC(Nc2ncccn2)CC1. The number of piperidine rings is 1. The number of amides is 1. The Hall–Kier alpha value is -3.53. The maximum absolute atomic E-state index is 13.3. The molecule has 182 valence electrons. The minimum absolute atomic E-state index is 0.0624. The highest BCUT2D eigenvalue weighted by Crippen LogP contribution is 2.28. The molecule has 1 aromatic carbocycles. The second kappa shape index (κ2) is 11.1. The Morgan fingerprint density at radius 1 is 1.24 bits per heavy atom. The van der Waals surface area contributed by atoms with E-state index in [-0.39, 0.29) is 18.4 Å². The highest BCUT2D eigenvalue weighted by Gasteiger charge is 2.31. The van der Waals surface area contributed by atoms with E-state index in [1.54, 1.807) is 36.7 Å². The fraction of sp³-hybridized carbons (Fsp3) is 0.458. The maximum atomic E-state index is 13.3. The predicted molar refractivity (Wildman–Crippen MR) is 128 cm³/mol. The average Bonchev–Trinajstić information content (AvgIpc) is 2.83. The summed E-state index contributed by atoms with van der Waals surface area (Å²) in [7, 11) is 0. The fourth-order valence-corrected chi connectivity index (χ4v) is 3.93. The standard InChI is InChI=1S/C24H32N6O4/c1-24(2,3)20(14-21(32)34-25)29-22(33)18-13-16(15-31)5-6-19(18)30-11-7-17(8-12-30)28-23-26-9-4-10-27-23/h4-6,9-10,13,15,17,20H,7-8,11-12,14,25H2,1-3H3,(H,29,33)(H,26,27,28). The number of aldehydes is 1. The average molecular weight is 469 g/mol. The second-order valence-electron chi connectivity index (χ2n) is 9.46. The van der Waals surface area contributed by atoms with Gasteiger partial charge < -0.3 is 20.4 Å². The normalized spacial score (nSPS) is 15.4. The molecule has 0 radical (unpaired) electrons. The monoisotopic (exact) mass is 468 g/mol. The summed E-state index contributed by atoms with van der Waals surface area (Å²) < 4.78 is 0. The lowest BCUT2D eigenvalue weighted by atomic mass is 9.84. The topological polar surface area (TPSA) is 140 Å². The molecule has 0 aliphatic carbocycles. The summed E-state index contributed by atoms with van der Waals surface area (Å²) in [6, 6.07) is 6.57. The van der Waals surface area contributed by atoms with E-state index in [9.17, 15) is 14.4 Å². The van der Waals surface area contributed by atoms with Crippen molar-refractivity contribution in [2.75, 3.05) is 23.3 Å². The molecule has 2 heterocycles. The summed E-state index contributed by atoms with van der Waals surface area (Å²) in [5.41, 5.74) is 1.11. The summed E-state index contributed by atoms with van der Waals surface area (Å²) in [4.78, 5) is 51.4. The van der Waals surface area contributed by atoms with Crippen molar-refractivity contribution in [3.05, 3.63) is 47.8 Å². The van der Waals surface area contributed by atoms with Gasteiger partial charge in [-0.25, -0.2) is 9.97 Å². The summed E-state index contributed by atoms with van der Waals surface area (Å²) in [6.45, 7) is 7.18. The molecule has 1 saturated heterocycles. The molecular weight excluding hydrogens is 436 g/mol. The summed E-state index contributed by atoms with van der Waals surface area (Å²) in [5, 5.41) is 6.29. The number of carbonyl (C=O) groups excluding carboxylic acids is 3. The Morgan fingerprint density at radius 2 is 1.91 bits per heavy atom. The van der Waals surface area contributed by atoms with Gasteiger partial charge in [-0.05, 0) is 42.5 Å². The highest BCUT2D eigenvalue weighted by molar-refractivity contribution is 6.01. The van der Waals surface area contributed by atoms with E-state index < -0.39 is 17.4 Å². The van der Waals surface area contributed by atoms with E-state index >= 15 is 0 Å². The number of anilines is 2. The molecule has 4 N–H and O–H groups in total. The van der Waals surface area contributed by atoms with Crippen LogP contribution in [0.2, 0.25) is 0 Å². The number of rotatable bonds is 8. The third-order valence-corrected chi connectivity index (χ3v) is 5.99. The van der Waals surface area contributed by atoms with Crippen LogP contribution in [0.5, 0.6) is 0 Å². The smallest absolute Gasteiger partial charge is 0.326 e. The van der Waals surface area contributed by atoms with Crippen LogP contribution in [0.4, 0.5) is 11.6 Å². The van der Waals surface area contributed by atoms with Gasteiger partial charge in [0.15, 0.2) is 0 Å². The molecule has 1 fully saturated rings. The second-order valence-corrected chi connectivity index (χ2v) is 9.46. The van der Waals surface area contributed by atoms with Gasteiger partial charge in [0.05, 0.1) is 12.0 Å². The van der Waals surface area contributed by atoms with Crippen molar-refractivity contribution in [3.8, 4) is 0 Å². The predicted octanol–water partition coefficient (Wildman–Crippen LogP) is 2.32. The van der Waals surface area contributed by atoms with E-state index in [2.05, 4.69) is 30.3 Å². The molecule has 1 aromatic heterocycles. The first-order chi connectivity index (χ1) is 16.2. The molecular formula is C24H32N6O4. The van der Waals surface area contributed by atoms with Gasteiger partial charge in [-0.2, -0.15) is 5.90 Å². The number of nitrogens with zero attached hydrogens (tertiary/aromatic N) is 3. The third-order valence-electron chi connectivity index (χ3n) is 5.99. The third kappa shape index (κ3) is 6.50. The molecule has 2 aromatic rings. The van der Waals surface area contributed by atoms with Crippen molar-refractivity contribution in [1.82, 2.24) is 15.3 Å². The quantitative estimate of drug-likeness (QED) is 0.393. The molecule has 10 nitrogen and oxygen atoms in total. The largest absolute Gasteiger partial charge is 0.373 e. The Morgan fingerprint density at radius 3 is 2.50 bits per heavy atom. The first-order valence-electron chi connectivity index (χ1n) is 11.3. The fourth-order valence-electron chi connectivity index (χ4n) is 3.93. The van der Waals surface area contributed by atoms with Crippen LogP contribution >= 0.6 is 0 Å². The first kappa shape index (κ1) is 25.1. The Balaban J connectivity index is 1.76. The maximum Gasteiger partial charge on any atom is 0.326 e. The minimum Gasteiger partial charge on any atom is -0.373 e. The molecule has 0 saturated carbocycles. The lowest BCUT2D eigenvalue weighted by molar-refractivity contribution is -0.145. The van der Waals surface area contributed by atoms with Crippen molar-refractivity contribution in [2.24, 2.45) is 11.3 Å². The van der Waals surface area contributed by atoms with Gasteiger partial charge in [-0.1, -0.05) is 20.8 Å². The van der Waals surface area contributed by atoms with E-state index in [4.69, 9.17) is 5.90 Å². The number of carbonyl (C=O) groups is 3. The van der Waals surface area contributed by atoms with E-state index in [1.807, 2.05) is 20.8 Å². The van der Waals surface area contributed by atoms with Gasteiger partial charge in [0, 0.05) is 48.8 Å². The van der Waals surface area contributed by atoms with Crippen LogP contribution in [-0.4, -0.2) is 53.3 Å². The van der Waals surface area contributed by atoms with Crippen molar-refractivity contribution in [1.29, 1.82) is 0 Å². The van der Waals surface area contributed by atoms with Crippen LogP contribution in [-0.2, 0) is 9.63 Å². The molecule has 0 spiro atoms. The Labute approximate surface area is 199 Å². The van der Waals surface area contributed by atoms with Crippen LogP contribution in [0, 0.1) is 5.41 Å². The number of nitrogens with one attached hydrogen (secondary N) is 2. The zero-order valence-electron chi connectivity index (χ0n) is 19.8. The molecule has 3 rings (SSSR count). The van der Waals surface area contributed by atoms with Gasteiger partial charge >= 0.3 is 5.97 Å². The number of nitrogens with two attached hydrogens (primary N) is 1. The minimum atomic E-state index is -0.612. The van der Waals surface area contributed by atoms with Crippen LogP contribution in [0.25, 0.3) is 0 Å². The van der Waals surface area contributed by atoms with E-state index in [0.717, 1.165) is 18.5 Å². The van der Waals surface area contributed by atoms with Gasteiger partial charge in [-0.15, -0.1) is 0 Å². The molecule has 1 atom stereocenters. The van der Waals surface area contributed by atoms with E-state index in [1.165, 1.54) is 0 Å². The number of hydrogen-bond acceptors (Lipinski definition) is 9. The summed E-state index contributed by atoms with van der Waals surface area (Å²) >= 11 is 0. The molecule has 34 heavy (non-hydrogen) atoms. The van der Waals surface area contributed by atoms with Crippen LogP contribution in [0.3, 0.4) is 0 Å². The van der Waals surface area contributed by atoms with Crippen LogP contribution in [0.1, 0.15) is 60.7 Å². The van der Waals surface area contributed by atoms with Gasteiger partial charge in [0.2, 0.25) is 5.95 Å². The first-order valence-corrected chi connectivity index (χ1v) is 11.3. The molecule has 10 heteroatoms. The zero-order chi connectivity index (χ0) is 24.7. The summed E-state index contributed by atoms with van der Waals surface area (Å²) in [5.74, 6) is 4.63. The van der Waals surface area contributed by atoms with Gasteiger partial charge in [0.1, 0.15) is 6.29 Å². The van der Waals surface area contributed by atoms with Crippen molar-refractivity contribution >= 4 is 29.8 Å². The summed E-state index contributed by atoms with van der Waals surface area (Å²) in [6.07, 6.45) is 5.71. The lowest BCUT2D eigenvalue weighted by Gasteiger charge is -2.35. The van der Waals surface area contributed by atoms with Gasteiger partial charge in [0.25, 0.3) is 5.91 Å². The molecule has 1 aliphatic rings. The van der Waals surface area contributed by atoms with Crippen LogP contribution < -0.4 is 21.4 Å². The van der Waals surface area contributed by atoms with Crippen LogP contribution in [0.15, 0.2) is 36.7 Å². The molecule has 1 unspecified atom stereocenters. The number of hydrogen-bond donors (Lipinski definition) is 3. The molecule has 1 amide bonds. The molecule has 1 aliphatic heterocycles. The van der Waals surface area contributed by atoms with Crippen molar-refractivity contribution in [3.63, 3.8) is 0 Å². The Kier molecular flexibility index (Phi) is 8.17. The molecule has 0 bridgehead atoms. The highest BCUT2D eigenvalue weighted by atomic mass is 16.7. The van der Waals surface area contributed by atoms with Gasteiger partial charge in [-0.3, -0.25) is 14.4 Å². The zero-order valence-corrected chi connectivity index (χ0v) is 19.8.